The lowest BCUT2D eigenvalue weighted by molar-refractivity contribution is 0.0934. The number of aromatic amines is 1. The van der Waals surface area contributed by atoms with E-state index in [9.17, 15) is 9.59 Å². The number of nitrogens with zero attached hydrogens (tertiary/aromatic N) is 1. The standard InChI is InChI=1S/C20H19N3O2/c1-14-7-9-15(10-8-14)13-18(17-6-2-3-11-21-17)23-20(25)16-5-4-12-22-19(16)24/h2-12,18H,13H2,1H3,(H,22,24)(H,23,25)/t18-/m0/s1. The predicted molar refractivity (Wildman–Crippen MR) is 96.4 cm³/mol. The first-order chi connectivity index (χ1) is 12.1. The normalized spacial score (nSPS) is 11.7. The van der Waals surface area contributed by atoms with Crippen molar-refractivity contribution in [2.24, 2.45) is 0 Å². The molecule has 0 bridgehead atoms. The maximum absolute atomic E-state index is 12.5. The highest BCUT2D eigenvalue weighted by atomic mass is 16.2. The number of nitrogens with one attached hydrogen (secondary N) is 2. The predicted octanol–water partition coefficient (Wildman–Crippen LogP) is 2.79. The molecule has 2 heterocycles. The molecule has 1 atom stereocenters. The number of benzene rings is 1. The Hall–Kier alpha value is -3.21. The number of pyridine rings is 2. The number of rotatable bonds is 5. The van der Waals surface area contributed by atoms with Crippen molar-refractivity contribution in [1.29, 1.82) is 0 Å². The number of aromatic nitrogens is 2. The van der Waals surface area contributed by atoms with Gasteiger partial charge in [0, 0.05) is 12.4 Å². The van der Waals surface area contributed by atoms with Gasteiger partial charge in [0.15, 0.2) is 0 Å². The molecule has 0 aliphatic heterocycles. The summed E-state index contributed by atoms with van der Waals surface area (Å²) in [5.74, 6) is -0.412. The summed E-state index contributed by atoms with van der Waals surface area (Å²) < 4.78 is 0. The van der Waals surface area contributed by atoms with E-state index in [2.05, 4.69) is 15.3 Å². The molecular weight excluding hydrogens is 314 g/mol. The molecule has 0 aliphatic rings. The molecule has 126 valence electrons. The molecule has 0 aliphatic carbocycles. The van der Waals surface area contributed by atoms with Crippen LogP contribution in [0.1, 0.15) is 33.2 Å². The van der Waals surface area contributed by atoms with Crippen LogP contribution in [0.5, 0.6) is 0 Å². The molecule has 2 aromatic heterocycles. The molecule has 3 rings (SSSR count). The topological polar surface area (TPSA) is 74.8 Å². The molecule has 1 amide bonds. The first-order valence-corrected chi connectivity index (χ1v) is 8.08. The number of carbonyl (C=O) groups excluding carboxylic acids is 1. The third kappa shape index (κ3) is 4.20. The van der Waals surface area contributed by atoms with E-state index in [0.29, 0.717) is 6.42 Å². The number of hydrogen-bond acceptors (Lipinski definition) is 3. The van der Waals surface area contributed by atoms with Crippen molar-refractivity contribution in [3.8, 4) is 0 Å². The molecule has 0 saturated carbocycles. The summed E-state index contributed by atoms with van der Waals surface area (Å²) in [5, 5.41) is 2.93. The maximum Gasteiger partial charge on any atom is 0.260 e. The van der Waals surface area contributed by atoms with E-state index in [-0.39, 0.29) is 11.6 Å². The number of amides is 1. The first kappa shape index (κ1) is 16.6. The number of carbonyl (C=O) groups is 1. The molecule has 2 N–H and O–H groups in total. The zero-order valence-electron chi connectivity index (χ0n) is 13.9. The van der Waals surface area contributed by atoms with Crippen LogP contribution in [0.15, 0.2) is 71.8 Å². The third-order valence-corrected chi connectivity index (χ3v) is 3.97. The van der Waals surface area contributed by atoms with E-state index < -0.39 is 11.5 Å². The summed E-state index contributed by atoms with van der Waals surface area (Å²) >= 11 is 0. The molecule has 3 aromatic rings. The Labute approximate surface area is 145 Å². The minimum absolute atomic E-state index is 0.0901. The van der Waals surface area contributed by atoms with E-state index in [1.54, 1.807) is 12.3 Å². The van der Waals surface area contributed by atoms with E-state index in [1.165, 1.54) is 17.8 Å². The van der Waals surface area contributed by atoms with Gasteiger partial charge in [-0.05, 0) is 43.2 Å². The Bertz CT molecular complexity index is 902. The van der Waals surface area contributed by atoms with Crippen LogP contribution in [-0.4, -0.2) is 15.9 Å². The van der Waals surface area contributed by atoms with Crippen molar-refractivity contribution >= 4 is 5.91 Å². The summed E-state index contributed by atoms with van der Waals surface area (Å²) in [7, 11) is 0. The molecule has 0 fully saturated rings. The molecule has 1 aromatic carbocycles. The highest BCUT2D eigenvalue weighted by Gasteiger charge is 2.19. The zero-order chi connectivity index (χ0) is 17.6. The highest BCUT2D eigenvalue weighted by molar-refractivity contribution is 5.94. The molecule has 5 heteroatoms. The van der Waals surface area contributed by atoms with Crippen molar-refractivity contribution in [3.63, 3.8) is 0 Å². The maximum atomic E-state index is 12.5. The lowest BCUT2D eigenvalue weighted by Crippen LogP contribution is -2.34. The second kappa shape index (κ2) is 7.57. The Kier molecular flexibility index (Phi) is 5.04. The number of hydrogen-bond donors (Lipinski definition) is 2. The molecular formula is C20H19N3O2. The van der Waals surface area contributed by atoms with E-state index in [0.717, 1.165) is 11.3 Å². The molecule has 0 radical (unpaired) electrons. The number of H-pyrrole nitrogens is 1. The van der Waals surface area contributed by atoms with Crippen molar-refractivity contribution < 1.29 is 4.79 Å². The fraction of sp³-hybridized carbons (Fsp3) is 0.150. The van der Waals surface area contributed by atoms with Crippen LogP contribution in [0.3, 0.4) is 0 Å². The Morgan fingerprint density at radius 2 is 1.92 bits per heavy atom. The second-order valence-electron chi connectivity index (χ2n) is 5.88. The average Bonchev–Trinajstić information content (AvgIpc) is 2.64. The molecule has 25 heavy (non-hydrogen) atoms. The minimum atomic E-state index is -0.412. The Morgan fingerprint density at radius 3 is 2.60 bits per heavy atom. The summed E-state index contributed by atoms with van der Waals surface area (Å²) in [6.45, 7) is 2.03. The fourth-order valence-electron chi connectivity index (χ4n) is 2.61. The molecule has 5 nitrogen and oxygen atoms in total. The van der Waals surface area contributed by atoms with Crippen LogP contribution in [-0.2, 0) is 6.42 Å². The van der Waals surface area contributed by atoms with Gasteiger partial charge in [-0.2, -0.15) is 0 Å². The average molecular weight is 333 g/mol. The summed E-state index contributed by atoms with van der Waals surface area (Å²) in [6.07, 6.45) is 3.79. The van der Waals surface area contributed by atoms with Crippen LogP contribution in [0.4, 0.5) is 0 Å². The van der Waals surface area contributed by atoms with Gasteiger partial charge in [-0.1, -0.05) is 35.9 Å². The van der Waals surface area contributed by atoms with Gasteiger partial charge in [0.25, 0.3) is 11.5 Å². The lowest BCUT2D eigenvalue weighted by Gasteiger charge is -2.18. The molecule has 0 saturated heterocycles. The Morgan fingerprint density at radius 1 is 1.12 bits per heavy atom. The van der Waals surface area contributed by atoms with Crippen molar-refractivity contribution in [2.45, 2.75) is 19.4 Å². The highest BCUT2D eigenvalue weighted by Crippen LogP contribution is 2.17. The van der Waals surface area contributed by atoms with E-state index in [1.807, 2.05) is 49.4 Å². The van der Waals surface area contributed by atoms with Gasteiger partial charge >= 0.3 is 0 Å². The minimum Gasteiger partial charge on any atom is -0.343 e. The van der Waals surface area contributed by atoms with Crippen molar-refractivity contribution in [3.05, 3.63) is 99.7 Å². The summed E-state index contributed by atoms with van der Waals surface area (Å²) in [6, 6.07) is 16.5. The summed E-state index contributed by atoms with van der Waals surface area (Å²) in [5.41, 5.74) is 2.70. The smallest absolute Gasteiger partial charge is 0.260 e. The van der Waals surface area contributed by atoms with Crippen molar-refractivity contribution in [2.75, 3.05) is 0 Å². The van der Waals surface area contributed by atoms with Crippen LogP contribution in [0, 0.1) is 6.92 Å². The van der Waals surface area contributed by atoms with Gasteiger partial charge in [-0.15, -0.1) is 0 Å². The van der Waals surface area contributed by atoms with Gasteiger partial charge in [0.05, 0.1) is 11.7 Å². The first-order valence-electron chi connectivity index (χ1n) is 8.08. The SMILES string of the molecule is Cc1ccc(C[C@H](NC(=O)c2ccc[nH]c2=O)c2ccccn2)cc1. The van der Waals surface area contributed by atoms with E-state index >= 15 is 0 Å². The van der Waals surface area contributed by atoms with Gasteiger partial charge in [-0.3, -0.25) is 14.6 Å². The zero-order valence-corrected chi connectivity index (χ0v) is 13.9. The van der Waals surface area contributed by atoms with Gasteiger partial charge in [0.2, 0.25) is 0 Å². The number of aryl methyl sites for hydroxylation is 1. The quantitative estimate of drug-likeness (QED) is 0.754. The Balaban J connectivity index is 1.86. The second-order valence-corrected chi connectivity index (χ2v) is 5.88. The van der Waals surface area contributed by atoms with Crippen LogP contribution < -0.4 is 10.9 Å². The van der Waals surface area contributed by atoms with Gasteiger partial charge in [-0.25, -0.2) is 0 Å². The monoisotopic (exact) mass is 333 g/mol. The van der Waals surface area contributed by atoms with Gasteiger partial charge < -0.3 is 10.3 Å². The van der Waals surface area contributed by atoms with E-state index in [4.69, 9.17) is 0 Å². The summed E-state index contributed by atoms with van der Waals surface area (Å²) in [4.78, 5) is 31.3. The van der Waals surface area contributed by atoms with Crippen molar-refractivity contribution in [1.82, 2.24) is 15.3 Å². The van der Waals surface area contributed by atoms with Crippen LogP contribution >= 0.6 is 0 Å². The van der Waals surface area contributed by atoms with Crippen LogP contribution in [0.2, 0.25) is 0 Å². The molecule has 0 spiro atoms. The largest absolute Gasteiger partial charge is 0.343 e. The molecule has 0 unspecified atom stereocenters. The fourth-order valence-corrected chi connectivity index (χ4v) is 2.61. The van der Waals surface area contributed by atoms with Gasteiger partial charge in [0.1, 0.15) is 5.56 Å². The third-order valence-electron chi connectivity index (χ3n) is 3.97. The van der Waals surface area contributed by atoms with Crippen LogP contribution in [0.25, 0.3) is 0 Å². The lowest BCUT2D eigenvalue weighted by atomic mass is 10.0.